The molecule has 1 unspecified atom stereocenters. The maximum atomic E-state index is 9.34. The van der Waals surface area contributed by atoms with Crippen molar-refractivity contribution in [2.24, 2.45) is 0 Å². The van der Waals surface area contributed by atoms with Gasteiger partial charge in [-0.3, -0.25) is 0 Å². The molecule has 2 nitrogen and oxygen atoms in total. The van der Waals surface area contributed by atoms with Crippen molar-refractivity contribution >= 4 is 17.3 Å². The number of halogens is 1. The molecule has 0 aliphatic heterocycles. The third kappa shape index (κ3) is 3.73. The van der Waals surface area contributed by atoms with E-state index in [0.717, 1.165) is 23.6 Å². The first-order valence-electron chi connectivity index (χ1n) is 5.24. The molecule has 84 valence electrons. The molecule has 0 amide bonds. The molecule has 0 aliphatic rings. The third-order valence-electron chi connectivity index (χ3n) is 2.44. The van der Waals surface area contributed by atoms with E-state index in [-0.39, 0.29) is 12.1 Å². The number of aliphatic hydroxyl groups excluding tert-OH is 1. The zero-order chi connectivity index (χ0) is 11.3. The highest BCUT2D eigenvalue weighted by molar-refractivity contribution is 6.30. The molecule has 3 heteroatoms. The Bertz CT molecular complexity index is 299. The quantitative estimate of drug-likeness (QED) is 0.809. The highest BCUT2D eigenvalue weighted by Crippen LogP contribution is 2.21. The molecular weight excluding hydrogens is 210 g/mol. The predicted molar refractivity (Wildman–Crippen MR) is 65.5 cm³/mol. The lowest BCUT2D eigenvalue weighted by Crippen LogP contribution is -2.38. The summed E-state index contributed by atoms with van der Waals surface area (Å²) in [7, 11) is 0. The Morgan fingerprint density at radius 1 is 1.33 bits per heavy atom. The molecule has 0 heterocycles. The van der Waals surface area contributed by atoms with E-state index in [9.17, 15) is 5.11 Å². The lowest BCUT2D eigenvalue weighted by molar-refractivity contribution is 0.214. The molecule has 2 N–H and O–H groups in total. The van der Waals surface area contributed by atoms with E-state index in [2.05, 4.69) is 12.2 Å². The fourth-order valence-corrected chi connectivity index (χ4v) is 1.74. The van der Waals surface area contributed by atoms with E-state index in [0.29, 0.717) is 0 Å². The Kier molecular flexibility index (Phi) is 4.43. The zero-order valence-electron chi connectivity index (χ0n) is 9.26. The lowest BCUT2D eigenvalue weighted by Gasteiger charge is -2.29. The van der Waals surface area contributed by atoms with E-state index >= 15 is 0 Å². The molecule has 1 aromatic carbocycles. The Morgan fingerprint density at radius 2 is 1.93 bits per heavy atom. The van der Waals surface area contributed by atoms with Gasteiger partial charge in [0.15, 0.2) is 0 Å². The van der Waals surface area contributed by atoms with Gasteiger partial charge in [0.25, 0.3) is 0 Å². The van der Waals surface area contributed by atoms with Gasteiger partial charge in [0.05, 0.1) is 12.1 Å². The normalized spacial score (nSPS) is 14.7. The molecule has 1 rings (SSSR count). The van der Waals surface area contributed by atoms with Crippen LogP contribution in [0.3, 0.4) is 0 Å². The van der Waals surface area contributed by atoms with Gasteiger partial charge in [0.2, 0.25) is 0 Å². The Balaban J connectivity index is 2.70. The molecule has 0 aliphatic carbocycles. The van der Waals surface area contributed by atoms with Crippen LogP contribution >= 0.6 is 11.6 Å². The minimum atomic E-state index is -0.247. The third-order valence-corrected chi connectivity index (χ3v) is 2.69. The first-order chi connectivity index (χ1) is 7.09. The number of benzene rings is 1. The number of anilines is 1. The van der Waals surface area contributed by atoms with Crippen LogP contribution in [0.25, 0.3) is 0 Å². The van der Waals surface area contributed by atoms with Gasteiger partial charge in [-0.25, -0.2) is 0 Å². The van der Waals surface area contributed by atoms with Crippen LogP contribution in [-0.4, -0.2) is 17.3 Å². The van der Waals surface area contributed by atoms with E-state index in [1.165, 1.54) is 0 Å². The summed E-state index contributed by atoms with van der Waals surface area (Å²) in [6.45, 7) is 4.26. The number of hydrogen-bond donors (Lipinski definition) is 2. The fraction of sp³-hybridized carbons (Fsp3) is 0.500. The zero-order valence-corrected chi connectivity index (χ0v) is 10.0. The second kappa shape index (κ2) is 5.38. The van der Waals surface area contributed by atoms with Crippen molar-refractivity contribution in [2.75, 3.05) is 11.9 Å². The molecule has 0 bridgehead atoms. The van der Waals surface area contributed by atoms with Crippen molar-refractivity contribution < 1.29 is 5.11 Å². The van der Waals surface area contributed by atoms with Crippen LogP contribution in [0.4, 0.5) is 5.69 Å². The summed E-state index contributed by atoms with van der Waals surface area (Å²) in [5, 5.41) is 13.4. The summed E-state index contributed by atoms with van der Waals surface area (Å²) < 4.78 is 0. The predicted octanol–water partition coefficient (Wildman–Crippen LogP) is 3.30. The highest BCUT2D eigenvalue weighted by Gasteiger charge is 2.21. The molecule has 0 saturated heterocycles. The van der Waals surface area contributed by atoms with E-state index in [1.54, 1.807) is 0 Å². The average molecular weight is 228 g/mol. The lowest BCUT2D eigenvalue weighted by atomic mass is 9.97. The summed E-state index contributed by atoms with van der Waals surface area (Å²) in [6, 6.07) is 7.53. The summed E-state index contributed by atoms with van der Waals surface area (Å²) in [6.07, 6.45) is 1.98. The van der Waals surface area contributed by atoms with E-state index < -0.39 is 0 Å². The summed E-state index contributed by atoms with van der Waals surface area (Å²) in [5.41, 5.74) is 0.743. The molecule has 1 atom stereocenters. The van der Waals surface area contributed by atoms with E-state index in [4.69, 9.17) is 11.6 Å². The van der Waals surface area contributed by atoms with Crippen molar-refractivity contribution in [1.82, 2.24) is 0 Å². The van der Waals surface area contributed by atoms with Gasteiger partial charge in [-0.1, -0.05) is 24.9 Å². The molecule has 0 spiro atoms. The molecular formula is C12H18ClNO. The highest BCUT2D eigenvalue weighted by atomic mass is 35.5. The van der Waals surface area contributed by atoms with Gasteiger partial charge < -0.3 is 10.4 Å². The first-order valence-corrected chi connectivity index (χ1v) is 5.62. The van der Waals surface area contributed by atoms with Gasteiger partial charge in [-0.05, 0) is 37.6 Å². The van der Waals surface area contributed by atoms with Crippen molar-refractivity contribution in [3.05, 3.63) is 29.3 Å². The van der Waals surface area contributed by atoms with Gasteiger partial charge in [-0.2, -0.15) is 0 Å². The number of nitrogens with one attached hydrogen (secondary N) is 1. The second-order valence-corrected chi connectivity index (χ2v) is 4.54. The molecule has 1 aromatic rings. The Hall–Kier alpha value is -0.730. The van der Waals surface area contributed by atoms with Gasteiger partial charge in [0, 0.05) is 10.7 Å². The topological polar surface area (TPSA) is 32.3 Å². The second-order valence-electron chi connectivity index (χ2n) is 4.10. The van der Waals surface area contributed by atoms with Crippen LogP contribution in [0.1, 0.15) is 26.7 Å². The van der Waals surface area contributed by atoms with Crippen LogP contribution < -0.4 is 5.32 Å². The SMILES string of the molecule is CCCC(C)(CO)Nc1ccc(Cl)cc1. The van der Waals surface area contributed by atoms with Crippen LogP contribution in [0.5, 0.6) is 0 Å². The Morgan fingerprint density at radius 3 is 2.40 bits per heavy atom. The minimum Gasteiger partial charge on any atom is -0.394 e. The Labute approximate surface area is 96.3 Å². The minimum absolute atomic E-state index is 0.128. The van der Waals surface area contributed by atoms with Crippen LogP contribution in [-0.2, 0) is 0 Å². The fourth-order valence-electron chi connectivity index (χ4n) is 1.61. The van der Waals surface area contributed by atoms with Crippen LogP contribution in [0.2, 0.25) is 5.02 Å². The van der Waals surface area contributed by atoms with Crippen LogP contribution in [0, 0.1) is 0 Å². The summed E-state index contributed by atoms with van der Waals surface area (Å²) in [4.78, 5) is 0. The summed E-state index contributed by atoms with van der Waals surface area (Å²) >= 11 is 5.80. The van der Waals surface area contributed by atoms with Gasteiger partial charge in [-0.15, -0.1) is 0 Å². The number of rotatable bonds is 5. The van der Waals surface area contributed by atoms with Gasteiger partial charge in [0.1, 0.15) is 0 Å². The number of aliphatic hydroxyl groups is 1. The van der Waals surface area contributed by atoms with Crippen molar-refractivity contribution in [2.45, 2.75) is 32.2 Å². The van der Waals surface area contributed by atoms with Crippen molar-refractivity contribution in [1.29, 1.82) is 0 Å². The summed E-state index contributed by atoms with van der Waals surface area (Å²) in [5.74, 6) is 0. The monoisotopic (exact) mass is 227 g/mol. The largest absolute Gasteiger partial charge is 0.394 e. The van der Waals surface area contributed by atoms with Crippen molar-refractivity contribution in [3.8, 4) is 0 Å². The maximum absolute atomic E-state index is 9.34. The van der Waals surface area contributed by atoms with Crippen LogP contribution in [0.15, 0.2) is 24.3 Å². The van der Waals surface area contributed by atoms with Gasteiger partial charge >= 0.3 is 0 Å². The standard InChI is InChI=1S/C12H18ClNO/c1-3-8-12(2,9-15)14-11-6-4-10(13)5-7-11/h4-7,14-15H,3,8-9H2,1-2H3. The smallest absolute Gasteiger partial charge is 0.0658 e. The number of hydrogen-bond acceptors (Lipinski definition) is 2. The average Bonchev–Trinajstić information content (AvgIpc) is 2.22. The molecule has 0 saturated carbocycles. The molecule has 0 radical (unpaired) electrons. The molecule has 15 heavy (non-hydrogen) atoms. The molecule has 0 aromatic heterocycles. The van der Waals surface area contributed by atoms with E-state index in [1.807, 2.05) is 31.2 Å². The molecule has 0 fully saturated rings. The maximum Gasteiger partial charge on any atom is 0.0658 e. The van der Waals surface area contributed by atoms with Crippen molar-refractivity contribution in [3.63, 3.8) is 0 Å². The first kappa shape index (κ1) is 12.3.